The molecular weight excluding hydrogens is 280 g/mol. The summed E-state index contributed by atoms with van der Waals surface area (Å²) in [6.45, 7) is 4.41. The molecule has 0 radical (unpaired) electrons. The summed E-state index contributed by atoms with van der Waals surface area (Å²) in [5.41, 5.74) is 1.41. The Morgan fingerprint density at radius 3 is 1.58 bits per heavy atom. The van der Waals surface area contributed by atoms with Crippen LogP contribution in [0.25, 0.3) is 0 Å². The molecule has 1 rings (SSSR count). The average Bonchev–Trinajstić information content (AvgIpc) is 1.90. The molecule has 0 fully saturated rings. The van der Waals surface area contributed by atoms with Gasteiger partial charge in [0.15, 0.2) is 0 Å². The van der Waals surface area contributed by atoms with Crippen LogP contribution in [0.1, 0.15) is 25.3 Å². The number of hydrogen-bond acceptors (Lipinski definition) is 0. The summed E-state index contributed by atoms with van der Waals surface area (Å²) in [7, 11) is 0. The zero-order chi connectivity index (χ0) is 6.69. The predicted molar refractivity (Wildman–Crippen MR) is 55.0 cm³/mol. The molecule has 0 aromatic heterocycles. The molecule has 0 bridgehead atoms. The first-order valence-electron chi connectivity index (χ1n) is 3.35. The molecule has 0 nitrogen and oxygen atoms in total. The summed E-state index contributed by atoms with van der Waals surface area (Å²) in [5.74, 6) is 0.659. The van der Waals surface area contributed by atoms with Crippen molar-refractivity contribution in [1.29, 1.82) is 0 Å². The Hall–Kier alpha value is 0.423. The molecule has 0 aliphatic heterocycles. The summed E-state index contributed by atoms with van der Waals surface area (Å²) in [4.78, 5) is 0. The van der Waals surface area contributed by atoms with Gasteiger partial charge in [0.1, 0.15) is 0 Å². The van der Waals surface area contributed by atoms with Crippen LogP contribution in [0.15, 0.2) is 30.3 Å². The Labute approximate surface area is 99.7 Å². The Kier molecular flexibility index (Phi) is 14.5. The van der Waals surface area contributed by atoms with Crippen molar-refractivity contribution in [2.45, 2.75) is 19.8 Å². The topological polar surface area (TPSA) is 0 Å². The fourth-order valence-corrected chi connectivity index (χ4v) is 0.838. The van der Waals surface area contributed by atoms with Crippen LogP contribution in [0, 0.1) is 0 Å². The van der Waals surface area contributed by atoms with Crippen molar-refractivity contribution < 1.29 is 19.5 Å². The van der Waals surface area contributed by atoms with Crippen LogP contribution in [-0.2, 0) is 19.5 Å². The van der Waals surface area contributed by atoms with E-state index in [1.165, 1.54) is 5.56 Å². The molecule has 0 spiro atoms. The van der Waals surface area contributed by atoms with Crippen molar-refractivity contribution >= 4 is 24.8 Å². The summed E-state index contributed by atoms with van der Waals surface area (Å²) < 4.78 is 0. The second kappa shape index (κ2) is 9.51. The molecule has 0 amide bonds. The van der Waals surface area contributed by atoms with Gasteiger partial charge in [0, 0.05) is 19.5 Å². The predicted octanol–water partition coefficient (Wildman–Crippen LogP) is 3.65. The van der Waals surface area contributed by atoms with Gasteiger partial charge < -0.3 is 0 Å². The third kappa shape index (κ3) is 6.00. The zero-order valence-electron chi connectivity index (χ0n) is 7.13. The van der Waals surface area contributed by atoms with Crippen molar-refractivity contribution in [2.24, 2.45) is 0 Å². The Morgan fingerprint density at radius 1 is 0.917 bits per heavy atom. The van der Waals surface area contributed by atoms with Gasteiger partial charge in [0.25, 0.3) is 0 Å². The summed E-state index contributed by atoms with van der Waals surface area (Å²) in [5, 5.41) is 0. The minimum Gasteiger partial charge on any atom is -0.147 e. The zero-order valence-corrected chi connectivity index (χ0v) is 10.5. The fraction of sp³-hybridized carbons (Fsp3) is 0.333. The summed E-state index contributed by atoms with van der Waals surface area (Å²) in [6.07, 6.45) is 0. The van der Waals surface area contributed by atoms with E-state index in [4.69, 9.17) is 0 Å². The van der Waals surface area contributed by atoms with E-state index >= 15 is 0 Å². The molecule has 0 saturated carbocycles. The molecule has 12 heavy (non-hydrogen) atoms. The second-order valence-electron chi connectivity index (χ2n) is 2.57. The van der Waals surface area contributed by atoms with Crippen molar-refractivity contribution in [3.8, 4) is 0 Å². The molecule has 0 heterocycles. The van der Waals surface area contributed by atoms with Gasteiger partial charge in [0.2, 0.25) is 0 Å². The third-order valence-electron chi connectivity index (χ3n) is 1.47. The van der Waals surface area contributed by atoms with Gasteiger partial charge in [-0.15, -0.1) is 24.8 Å². The molecule has 3 heteroatoms. The number of halogens is 2. The molecule has 0 unspecified atom stereocenters. The van der Waals surface area contributed by atoms with E-state index in [2.05, 4.69) is 38.1 Å². The second-order valence-corrected chi connectivity index (χ2v) is 2.57. The van der Waals surface area contributed by atoms with Crippen LogP contribution in [0.5, 0.6) is 0 Å². The number of rotatable bonds is 1. The summed E-state index contributed by atoms with van der Waals surface area (Å²) in [6, 6.07) is 10.5. The molecule has 0 aliphatic carbocycles. The first-order valence-corrected chi connectivity index (χ1v) is 3.35. The molecule has 0 atom stereocenters. The van der Waals surface area contributed by atoms with Crippen molar-refractivity contribution in [3.05, 3.63) is 35.9 Å². The van der Waals surface area contributed by atoms with E-state index < -0.39 is 0 Å². The number of benzene rings is 1. The molecule has 72 valence electrons. The van der Waals surface area contributed by atoms with E-state index in [1.807, 2.05) is 6.07 Å². The normalized spacial score (nSPS) is 7.58. The molecular formula is C9H14Cl2Ru. The number of hydrogen-bond donors (Lipinski definition) is 0. The van der Waals surface area contributed by atoms with Crippen LogP contribution in [0.2, 0.25) is 0 Å². The largest absolute Gasteiger partial charge is 0.147 e. The van der Waals surface area contributed by atoms with E-state index in [0.29, 0.717) is 5.92 Å². The Bertz CT molecular complexity index is 175. The van der Waals surface area contributed by atoms with Gasteiger partial charge in [-0.05, 0) is 11.5 Å². The van der Waals surface area contributed by atoms with Crippen LogP contribution in [-0.4, -0.2) is 0 Å². The quantitative estimate of drug-likeness (QED) is 0.694. The minimum atomic E-state index is 0. The average molecular weight is 294 g/mol. The molecule has 1 aromatic carbocycles. The van der Waals surface area contributed by atoms with Gasteiger partial charge in [0.05, 0.1) is 0 Å². The molecule has 1 aromatic rings. The van der Waals surface area contributed by atoms with E-state index in [-0.39, 0.29) is 44.3 Å². The van der Waals surface area contributed by atoms with Gasteiger partial charge in [-0.2, -0.15) is 0 Å². The maximum atomic E-state index is 2.20. The molecule has 0 N–H and O–H groups in total. The Morgan fingerprint density at radius 2 is 1.33 bits per heavy atom. The minimum absolute atomic E-state index is 0. The monoisotopic (exact) mass is 294 g/mol. The van der Waals surface area contributed by atoms with Gasteiger partial charge in [-0.25, -0.2) is 0 Å². The third-order valence-corrected chi connectivity index (χ3v) is 1.47. The van der Waals surface area contributed by atoms with E-state index in [1.54, 1.807) is 0 Å². The van der Waals surface area contributed by atoms with Gasteiger partial charge in [-0.1, -0.05) is 44.2 Å². The smallest absolute Gasteiger partial charge is 0 e. The van der Waals surface area contributed by atoms with Crippen molar-refractivity contribution in [2.75, 3.05) is 0 Å². The van der Waals surface area contributed by atoms with Crippen LogP contribution in [0.4, 0.5) is 0 Å². The maximum absolute atomic E-state index is 2.20. The Balaban J connectivity index is -0.000000270. The SMILES string of the molecule is CC(C)c1ccccc1.Cl.Cl.[Ru]. The van der Waals surface area contributed by atoms with Crippen molar-refractivity contribution in [1.82, 2.24) is 0 Å². The van der Waals surface area contributed by atoms with Gasteiger partial charge >= 0.3 is 0 Å². The summed E-state index contributed by atoms with van der Waals surface area (Å²) >= 11 is 0. The molecule has 0 aliphatic rings. The van der Waals surface area contributed by atoms with Crippen molar-refractivity contribution in [3.63, 3.8) is 0 Å². The first-order chi connectivity index (χ1) is 4.30. The standard InChI is InChI=1S/C9H12.2ClH.Ru/c1-8(2)9-6-4-3-5-7-9;;;/h3-8H,1-2H3;2*1H;. The van der Waals surface area contributed by atoms with Crippen LogP contribution >= 0.6 is 24.8 Å². The van der Waals surface area contributed by atoms with E-state index in [0.717, 1.165) is 0 Å². The first kappa shape index (κ1) is 18.3. The van der Waals surface area contributed by atoms with Gasteiger partial charge in [-0.3, -0.25) is 0 Å². The fourth-order valence-electron chi connectivity index (χ4n) is 0.838. The van der Waals surface area contributed by atoms with Crippen LogP contribution in [0.3, 0.4) is 0 Å². The molecule has 0 saturated heterocycles. The maximum Gasteiger partial charge on any atom is 0 e. The van der Waals surface area contributed by atoms with E-state index in [9.17, 15) is 0 Å². The van der Waals surface area contributed by atoms with Crippen LogP contribution < -0.4 is 0 Å².